The first kappa shape index (κ1) is 14.5. The van der Waals surface area contributed by atoms with E-state index in [0.29, 0.717) is 6.04 Å². The molecule has 1 fully saturated rings. The molecule has 2 aromatic heterocycles. The molecule has 2 aromatic rings. The average molecular weight is 304 g/mol. The van der Waals surface area contributed by atoms with Crippen LogP contribution in [0.4, 0.5) is 0 Å². The Morgan fingerprint density at radius 3 is 3.00 bits per heavy atom. The molecule has 3 heterocycles. The van der Waals surface area contributed by atoms with Crippen LogP contribution in [-0.4, -0.2) is 22.4 Å². The monoisotopic (exact) mass is 304 g/mol. The van der Waals surface area contributed by atoms with Crippen molar-refractivity contribution >= 4 is 17.1 Å². The number of hydrogen-bond acceptors (Lipinski definition) is 5. The predicted molar refractivity (Wildman–Crippen MR) is 82.6 cm³/mol. The van der Waals surface area contributed by atoms with Crippen molar-refractivity contribution in [3.05, 3.63) is 39.4 Å². The van der Waals surface area contributed by atoms with E-state index in [1.54, 1.807) is 6.92 Å². The first-order valence-corrected chi connectivity index (χ1v) is 8.27. The number of hydrogen-bond donors (Lipinski definition) is 0. The maximum atomic E-state index is 11.4. The van der Waals surface area contributed by atoms with Crippen LogP contribution in [0.15, 0.2) is 22.0 Å². The largest absolute Gasteiger partial charge is 0.361 e. The second kappa shape index (κ2) is 6.12. The number of piperidine rings is 1. The van der Waals surface area contributed by atoms with Gasteiger partial charge in [0.15, 0.2) is 5.78 Å². The molecule has 0 saturated carbocycles. The third-order valence-corrected chi connectivity index (χ3v) is 5.07. The SMILES string of the molecule is CC(=O)c1cc(CN2CCCCC2c2cc(C)on2)cs1. The maximum Gasteiger partial charge on any atom is 0.169 e. The van der Waals surface area contributed by atoms with Crippen LogP contribution in [-0.2, 0) is 6.54 Å². The van der Waals surface area contributed by atoms with E-state index >= 15 is 0 Å². The van der Waals surface area contributed by atoms with E-state index in [4.69, 9.17) is 4.52 Å². The fraction of sp³-hybridized carbons (Fsp3) is 0.500. The Bertz CT molecular complexity index is 632. The minimum Gasteiger partial charge on any atom is -0.361 e. The van der Waals surface area contributed by atoms with Crippen molar-refractivity contribution in [2.45, 2.75) is 45.7 Å². The summed E-state index contributed by atoms with van der Waals surface area (Å²) >= 11 is 1.54. The van der Waals surface area contributed by atoms with Crippen molar-refractivity contribution in [3.8, 4) is 0 Å². The van der Waals surface area contributed by atoms with Crippen LogP contribution in [0.5, 0.6) is 0 Å². The highest BCUT2D eigenvalue weighted by Crippen LogP contribution is 2.32. The maximum absolute atomic E-state index is 11.4. The first-order chi connectivity index (χ1) is 10.1. The lowest BCUT2D eigenvalue weighted by Crippen LogP contribution is -2.33. The smallest absolute Gasteiger partial charge is 0.169 e. The number of rotatable bonds is 4. The molecule has 3 rings (SSSR count). The zero-order chi connectivity index (χ0) is 14.8. The first-order valence-electron chi connectivity index (χ1n) is 7.39. The molecule has 1 atom stereocenters. The predicted octanol–water partition coefficient (Wildman–Crippen LogP) is 3.97. The Hall–Kier alpha value is -1.46. The lowest BCUT2D eigenvalue weighted by atomic mass is 9.98. The highest BCUT2D eigenvalue weighted by atomic mass is 32.1. The fourth-order valence-electron chi connectivity index (χ4n) is 2.94. The molecule has 0 spiro atoms. The van der Waals surface area contributed by atoms with Gasteiger partial charge in [-0.1, -0.05) is 11.6 Å². The Labute approximate surface area is 128 Å². The molecule has 5 heteroatoms. The lowest BCUT2D eigenvalue weighted by molar-refractivity contribution is 0.102. The molecule has 0 aliphatic carbocycles. The molecule has 0 radical (unpaired) electrons. The van der Waals surface area contributed by atoms with E-state index in [1.807, 2.05) is 19.1 Å². The molecular weight excluding hydrogens is 284 g/mol. The van der Waals surface area contributed by atoms with Gasteiger partial charge >= 0.3 is 0 Å². The van der Waals surface area contributed by atoms with Crippen LogP contribution in [0, 0.1) is 6.92 Å². The fourth-order valence-corrected chi connectivity index (χ4v) is 3.74. The number of likely N-dealkylation sites (tertiary alicyclic amines) is 1. The normalized spacial score (nSPS) is 19.8. The number of nitrogens with zero attached hydrogens (tertiary/aromatic N) is 2. The summed E-state index contributed by atoms with van der Waals surface area (Å²) in [7, 11) is 0. The average Bonchev–Trinajstić information content (AvgIpc) is 3.09. The van der Waals surface area contributed by atoms with E-state index < -0.39 is 0 Å². The van der Waals surface area contributed by atoms with Gasteiger partial charge in [0.05, 0.1) is 10.9 Å². The van der Waals surface area contributed by atoms with E-state index in [9.17, 15) is 4.79 Å². The third kappa shape index (κ3) is 3.24. The summed E-state index contributed by atoms with van der Waals surface area (Å²) in [6.07, 6.45) is 3.57. The van der Waals surface area contributed by atoms with Gasteiger partial charge in [0.25, 0.3) is 0 Å². The van der Waals surface area contributed by atoms with Crippen molar-refractivity contribution in [2.24, 2.45) is 0 Å². The number of aromatic nitrogens is 1. The molecule has 1 aliphatic rings. The summed E-state index contributed by atoms with van der Waals surface area (Å²) in [5, 5.41) is 6.29. The Balaban J connectivity index is 1.76. The summed E-state index contributed by atoms with van der Waals surface area (Å²) in [5.41, 5.74) is 2.26. The van der Waals surface area contributed by atoms with Gasteiger partial charge in [-0.3, -0.25) is 9.69 Å². The van der Waals surface area contributed by atoms with Crippen LogP contribution >= 0.6 is 11.3 Å². The molecule has 21 heavy (non-hydrogen) atoms. The number of Topliss-reactive ketones (excluding diaryl/α,β-unsaturated/α-hetero) is 1. The second-order valence-electron chi connectivity index (χ2n) is 5.72. The van der Waals surface area contributed by atoms with E-state index in [0.717, 1.165) is 35.8 Å². The molecule has 1 saturated heterocycles. The molecule has 0 aromatic carbocycles. The molecular formula is C16H20N2O2S. The van der Waals surface area contributed by atoms with Gasteiger partial charge in [-0.2, -0.15) is 0 Å². The molecule has 0 bridgehead atoms. The van der Waals surface area contributed by atoms with Crippen molar-refractivity contribution in [1.82, 2.24) is 10.1 Å². The Morgan fingerprint density at radius 1 is 1.48 bits per heavy atom. The summed E-state index contributed by atoms with van der Waals surface area (Å²) in [5.74, 6) is 1.01. The molecule has 1 aliphatic heterocycles. The van der Waals surface area contributed by atoms with Gasteiger partial charge in [0, 0.05) is 12.6 Å². The van der Waals surface area contributed by atoms with Crippen molar-refractivity contribution < 1.29 is 9.32 Å². The number of carbonyl (C=O) groups is 1. The number of carbonyl (C=O) groups excluding carboxylic acids is 1. The van der Waals surface area contributed by atoms with Gasteiger partial charge in [0.1, 0.15) is 11.5 Å². The summed E-state index contributed by atoms with van der Waals surface area (Å²) in [6.45, 7) is 5.50. The van der Waals surface area contributed by atoms with Crippen molar-refractivity contribution in [1.29, 1.82) is 0 Å². The quantitative estimate of drug-likeness (QED) is 0.802. The summed E-state index contributed by atoms with van der Waals surface area (Å²) in [4.78, 5) is 14.7. The number of aryl methyl sites for hydroxylation is 1. The highest BCUT2D eigenvalue weighted by Gasteiger charge is 2.26. The Kier molecular flexibility index (Phi) is 4.22. The second-order valence-corrected chi connectivity index (χ2v) is 6.63. The summed E-state index contributed by atoms with van der Waals surface area (Å²) < 4.78 is 5.23. The third-order valence-electron chi connectivity index (χ3n) is 3.99. The Morgan fingerprint density at radius 2 is 2.33 bits per heavy atom. The summed E-state index contributed by atoms with van der Waals surface area (Å²) in [6, 6.07) is 4.39. The minimum absolute atomic E-state index is 0.147. The number of ketones is 1. The van der Waals surface area contributed by atoms with Crippen LogP contribution in [0.25, 0.3) is 0 Å². The van der Waals surface area contributed by atoms with Gasteiger partial charge in [0.2, 0.25) is 0 Å². The van der Waals surface area contributed by atoms with Crippen LogP contribution in [0.3, 0.4) is 0 Å². The van der Waals surface area contributed by atoms with Crippen molar-refractivity contribution in [2.75, 3.05) is 6.54 Å². The molecule has 112 valence electrons. The van der Waals surface area contributed by atoms with Gasteiger partial charge in [-0.05, 0) is 50.2 Å². The van der Waals surface area contributed by atoms with Gasteiger partial charge < -0.3 is 4.52 Å². The van der Waals surface area contributed by atoms with E-state index in [1.165, 1.54) is 29.7 Å². The molecule has 0 amide bonds. The highest BCUT2D eigenvalue weighted by molar-refractivity contribution is 7.12. The lowest BCUT2D eigenvalue weighted by Gasteiger charge is -2.34. The van der Waals surface area contributed by atoms with Crippen LogP contribution in [0.2, 0.25) is 0 Å². The van der Waals surface area contributed by atoms with Gasteiger partial charge in [-0.15, -0.1) is 11.3 Å². The van der Waals surface area contributed by atoms with Gasteiger partial charge in [-0.25, -0.2) is 0 Å². The van der Waals surface area contributed by atoms with Crippen LogP contribution < -0.4 is 0 Å². The molecule has 1 unspecified atom stereocenters. The molecule has 4 nitrogen and oxygen atoms in total. The van der Waals surface area contributed by atoms with Crippen LogP contribution in [0.1, 0.15) is 58.9 Å². The zero-order valence-corrected chi connectivity index (χ0v) is 13.3. The minimum atomic E-state index is 0.147. The molecule has 0 N–H and O–H groups in total. The zero-order valence-electron chi connectivity index (χ0n) is 12.5. The topological polar surface area (TPSA) is 46.3 Å². The number of thiophene rings is 1. The van der Waals surface area contributed by atoms with E-state index in [-0.39, 0.29) is 5.78 Å². The van der Waals surface area contributed by atoms with Crippen molar-refractivity contribution in [3.63, 3.8) is 0 Å². The standard InChI is InChI=1S/C16H20N2O2S/c1-11-7-14(17-20-11)15-5-3-4-6-18(15)9-13-8-16(12(2)19)21-10-13/h7-8,10,15H,3-6,9H2,1-2H3. The van der Waals surface area contributed by atoms with E-state index in [2.05, 4.69) is 15.4 Å².